The van der Waals surface area contributed by atoms with Gasteiger partial charge in [0.1, 0.15) is 6.61 Å². The Balaban J connectivity index is 1.64. The summed E-state index contributed by atoms with van der Waals surface area (Å²) < 4.78 is 94.9. The number of halogens is 6. The van der Waals surface area contributed by atoms with E-state index in [1.165, 1.54) is 24.9 Å². The summed E-state index contributed by atoms with van der Waals surface area (Å²) in [5.41, 5.74) is -2.46. The highest BCUT2D eigenvalue weighted by Gasteiger charge is 2.38. The first kappa shape index (κ1) is 29.6. The molecule has 38 heavy (non-hydrogen) atoms. The maximum atomic E-state index is 13.4. The van der Waals surface area contributed by atoms with E-state index < -0.39 is 35.6 Å². The number of hydrogen-bond acceptors (Lipinski definition) is 6. The normalized spacial score (nSPS) is 17.1. The van der Waals surface area contributed by atoms with Crippen LogP contribution in [-0.2, 0) is 34.9 Å². The fourth-order valence-electron chi connectivity index (χ4n) is 3.61. The molecule has 1 aliphatic rings. The third kappa shape index (κ3) is 8.03. The molecule has 2 aromatic carbocycles. The van der Waals surface area contributed by atoms with E-state index >= 15 is 0 Å². The van der Waals surface area contributed by atoms with Crippen LogP contribution in [0.1, 0.15) is 35.6 Å². The number of amidine groups is 1. The van der Waals surface area contributed by atoms with Crippen molar-refractivity contribution >= 4 is 22.8 Å². The number of nitrogens with zero attached hydrogens (tertiary/aromatic N) is 1. The Hall–Kier alpha value is -2.93. The zero-order valence-electron chi connectivity index (χ0n) is 20.5. The number of amides is 1. The molecule has 0 bridgehead atoms. The van der Waals surface area contributed by atoms with Gasteiger partial charge in [0.2, 0.25) is 5.91 Å². The Kier molecular flexibility index (Phi) is 9.94. The molecule has 1 unspecified atom stereocenters. The standard InChI is InChI=1S/C25H26F6N2O4S/c1-3-36-11-10-32-23-33-22(34)21(38-23)9-5-15-4-8-19(20(12-15)35-2)37-14-16-6-7-17(24(26,27)28)13-18(16)25(29,30)31/h4,6-8,12-13,21H,3,5,9-11,14H2,1-2H3,(H,32,33,34). The van der Waals surface area contributed by atoms with Gasteiger partial charge in [0.15, 0.2) is 16.7 Å². The van der Waals surface area contributed by atoms with Gasteiger partial charge in [-0.1, -0.05) is 23.9 Å². The fraction of sp³-hybridized carbons (Fsp3) is 0.440. The number of benzene rings is 2. The van der Waals surface area contributed by atoms with Crippen molar-refractivity contribution in [2.75, 3.05) is 26.9 Å². The second kappa shape index (κ2) is 12.7. The van der Waals surface area contributed by atoms with Gasteiger partial charge in [-0.05, 0) is 49.6 Å². The number of rotatable bonds is 11. The van der Waals surface area contributed by atoms with Crippen LogP contribution in [0.4, 0.5) is 26.3 Å². The maximum absolute atomic E-state index is 13.4. The van der Waals surface area contributed by atoms with Crippen molar-refractivity contribution < 1.29 is 45.3 Å². The number of hydrogen-bond donors (Lipinski definition) is 1. The van der Waals surface area contributed by atoms with Gasteiger partial charge in [-0.2, -0.15) is 26.3 Å². The van der Waals surface area contributed by atoms with E-state index in [0.717, 1.165) is 11.6 Å². The summed E-state index contributed by atoms with van der Waals surface area (Å²) in [5.74, 6) is 0.222. The molecule has 1 saturated heterocycles. The molecule has 1 fully saturated rings. The molecule has 1 amide bonds. The van der Waals surface area contributed by atoms with Gasteiger partial charge in [0, 0.05) is 12.2 Å². The quantitative estimate of drug-likeness (QED) is 0.273. The fourth-order valence-corrected chi connectivity index (χ4v) is 4.61. The van der Waals surface area contributed by atoms with E-state index in [2.05, 4.69) is 10.3 Å². The van der Waals surface area contributed by atoms with Crippen molar-refractivity contribution in [3.05, 3.63) is 58.7 Å². The Morgan fingerprint density at radius 3 is 2.45 bits per heavy atom. The molecule has 0 aliphatic carbocycles. The van der Waals surface area contributed by atoms with Crippen molar-refractivity contribution in [3.8, 4) is 11.5 Å². The lowest BCUT2D eigenvalue weighted by molar-refractivity contribution is -0.143. The second-order valence-electron chi connectivity index (χ2n) is 8.16. The summed E-state index contributed by atoms with van der Waals surface area (Å²) >= 11 is 1.34. The molecule has 1 heterocycles. The first-order chi connectivity index (χ1) is 17.9. The SMILES string of the molecule is CCOCCN=C1NC(=O)C(CCc2ccc(OCc3ccc(C(F)(F)F)cc3C(F)(F)F)c(OC)c2)S1. The number of methoxy groups -OCH3 is 1. The van der Waals surface area contributed by atoms with Crippen LogP contribution in [0.2, 0.25) is 0 Å². The van der Waals surface area contributed by atoms with E-state index in [1.807, 2.05) is 6.92 Å². The minimum Gasteiger partial charge on any atom is -0.493 e. The van der Waals surface area contributed by atoms with Crippen LogP contribution in [-0.4, -0.2) is 43.2 Å². The molecule has 13 heteroatoms. The third-order valence-electron chi connectivity index (χ3n) is 5.52. The number of ether oxygens (including phenoxy) is 3. The highest BCUT2D eigenvalue weighted by Crippen LogP contribution is 2.38. The summed E-state index contributed by atoms with van der Waals surface area (Å²) in [6.07, 6.45) is -8.89. The second-order valence-corrected chi connectivity index (χ2v) is 9.35. The van der Waals surface area contributed by atoms with Crippen molar-refractivity contribution in [3.63, 3.8) is 0 Å². The summed E-state index contributed by atoms with van der Waals surface area (Å²) in [6.45, 7) is 2.76. The highest BCUT2D eigenvalue weighted by atomic mass is 32.2. The monoisotopic (exact) mass is 564 g/mol. The summed E-state index contributed by atoms with van der Waals surface area (Å²) in [6, 6.07) is 6.25. The lowest BCUT2D eigenvalue weighted by Crippen LogP contribution is -2.25. The van der Waals surface area contributed by atoms with Crippen molar-refractivity contribution in [2.24, 2.45) is 4.99 Å². The van der Waals surface area contributed by atoms with Crippen LogP contribution in [0.5, 0.6) is 11.5 Å². The highest BCUT2D eigenvalue weighted by molar-refractivity contribution is 8.15. The van der Waals surface area contributed by atoms with Crippen LogP contribution in [0.15, 0.2) is 41.4 Å². The van der Waals surface area contributed by atoms with E-state index in [4.69, 9.17) is 14.2 Å². The number of nitrogens with one attached hydrogen (secondary N) is 1. The van der Waals surface area contributed by atoms with Crippen molar-refractivity contribution in [1.82, 2.24) is 5.32 Å². The lowest BCUT2D eigenvalue weighted by Gasteiger charge is -2.17. The minimum atomic E-state index is -4.99. The van der Waals surface area contributed by atoms with Gasteiger partial charge in [0.25, 0.3) is 0 Å². The first-order valence-corrected chi connectivity index (χ1v) is 12.5. The molecule has 0 spiro atoms. The number of thioether (sulfide) groups is 1. The van der Waals surface area contributed by atoms with Crippen LogP contribution in [0.3, 0.4) is 0 Å². The van der Waals surface area contributed by atoms with Gasteiger partial charge < -0.3 is 19.5 Å². The number of aliphatic imine (C=N–C) groups is 1. The van der Waals surface area contributed by atoms with E-state index in [-0.39, 0.29) is 28.7 Å². The third-order valence-corrected chi connectivity index (χ3v) is 6.71. The molecule has 0 saturated carbocycles. The average molecular weight is 565 g/mol. The Bertz CT molecular complexity index is 1150. The first-order valence-electron chi connectivity index (χ1n) is 11.6. The largest absolute Gasteiger partial charge is 0.493 e. The van der Waals surface area contributed by atoms with Crippen molar-refractivity contribution in [1.29, 1.82) is 0 Å². The topological polar surface area (TPSA) is 69.2 Å². The Morgan fingerprint density at radius 2 is 1.79 bits per heavy atom. The average Bonchev–Trinajstić information content (AvgIpc) is 3.22. The predicted octanol–water partition coefficient (Wildman–Crippen LogP) is 5.87. The smallest absolute Gasteiger partial charge is 0.416 e. The number of carbonyl (C=O) groups is 1. The maximum Gasteiger partial charge on any atom is 0.416 e. The van der Waals surface area contributed by atoms with E-state index in [9.17, 15) is 31.1 Å². The summed E-state index contributed by atoms with van der Waals surface area (Å²) in [7, 11) is 1.36. The molecule has 1 aliphatic heterocycles. The number of aryl methyl sites for hydroxylation is 1. The minimum absolute atomic E-state index is 0.0747. The summed E-state index contributed by atoms with van der Waals surface area (Å²) in [4.78, 5) is 16.5. The molecule has 0 radical (unpaired) electrons. The van der Waals surface area contributed by atoms with Gasteiger partial charge >= 0.3 is 12.4 Å². The van der Waals surface area contributed by atoms with Gasteiger partial charge in [0.05, 0.1) is 36.6 Å². The van der Waals surface area contributed by atoms with Crippen LogP contribution in [0, 0.1) is 0 Å². The molecular weight excluding hydrogens is 538 g/mol. The Labute approximate surface area is 219 Å². The van der Waals surface area contributed by atoms with E-state index in [0.29, 0.717) is 43.8 Å². The van der Waals surface area contributed by atoms with Gasteiger partial charge in [-0.25, -0.2) is 0 Å². The van der Waals surface area contributed by atoms with Gasteiger partial charge in [-0.3, -0.25) is 9.79 Å². The molecule has 3 rings (SSSR count). The number of alkyl halides is 6. The lowest BCUT2D eigenvalue weighted by atomic mass is 10.0. The zero-order chi connectivity index (χ0) is 27.9. The Morgan fingerprint density at radius 1 is 1.03 bits per heavy atom. The van der Waals surface area contributed by atoms with Crippen molar-refractivity contribution in [2.45, 2.75) is 44.0 Å². The molecule has 0 aromatic heterocycles. The summed E-state index contributed by atoms with van der Waals surface area (Å²) in [5, 5.41) is 2.95. The molecular formula is C25H26F6N2O4S. The van der Waals surface area contributed by atoms with Crippen LogP contribution >= 0.6 is 11.8 Å². The van der Waals surface area contributed by atoms with Crippen LogP contribution in [0.25, 0.3) is 0 Å². The molecule has 208 valence electrons. The van der Waals surface area contributed by atoms with E-state index in [1.54, 1.807) is 12.1 Å². The van der Waals surface area contributed by atoms with Crippen LogP contribution < -0.4 is 14.8 Å². The molecule has 1 atom stereocenters. The predicted molar refractivity (Wildman–Crippen MR) is 130 cm³/mol. The zero-order valence-corrected chi connectivity index (χ0v) is 21.4. The molecule has 2 aromatic rings. The number of carbonyl (C=O) groups excluding carboxylic acids is 1. The molecule has 6 nitrogen and oxygen atoms in total. The van der Waals surface area contributed by atoms with Gasteiger partial charge in [-0.15, -0.1) is 0 Å². The molecule has 1 N–H and O–H groups in total.